The van der Waals surface area contributed by atoms with Crippen molar-refractivity contribution in [1.29, 1.82) is 5.26 Å². The number of rotatable bonds is 4. The van der Waals surface area contributed by atoms with E-state index in [4.69, 9.17) is 5.11 Å². The number of nitrogens with zero attached hydrogens (tertiary/aromatic N) is 2. The lowest BCUT2D eigenvalue weighted by Gasteiger charge is -2.08. The third-order valence-electron chi connectivity index (χ3n) is 3.75. The first-order valence-corrected chi connectivity index (χ1v) is 7.48. The number of carbonyl (C=O) groups is 1. The summed E-state index contributed by atoms with van der Waals surface area (Å²) in [4.78, 5) is 10.9. The average molecular weight is 332 g/mol. The number of carboxylic acids is 1. The molecule has 0 saturated carbocycles. The Morgan fingerprint density at radius 2 is 1.72 bits per heavy atom. The van der Waals surface area contributed by atoms with E-state index < -0.39 is 5.97 Å². The number of carboxylic acid groups (broad SMARTS) is 1. The van der Waals surface area contributed by atoms with Crippen molar-refractivity contribution < 1.29 is 14.3 Å². The van der Waals surface area contributed by atoms with Crippen LogP contribution in [0.1, 0.15) is 21.6 Å². The average Bonchev–Trinajstić information content (AvgIpc) is 3.08. The van der Waals surface area contributed by atoms with Crippen LogP contribution in [0.25, 0.3) is 17.3 Å². The predicted molar refractivity (Wildman–Crippen MR) is 92.6 cm³/mol. The van der Waals surface area contributed by atoms with Crippen LogP contribution in [-0.2, 0) is 0 Å². The standard InChI is InChI=1S/C20H13FN2O2/c21-18-5-1-2-6-19(18)23-11-3-4-17(23)12-16(13-22)14-7-9-15(10-8-14)20(24)25/h1-12H,(H,24,25)/b16-12-. The Morgan fingerprint density at radius 3 is 2.36 bits per heavy atom. The predicted octanol–water partition coefficient (Wildman–Crippen LogP) is 4.38. The van der Waals surface area contributed by atoms with E-state index >= 15 is 0 Å². The van der Waals surface area contributed by atoms with Crippen LogP contribution < -0.4 is 0 Å². The number of hydrogen-bond donors (Lipinski definition) is 1. The molecule has 3 aromatic rings. The molecule has 0 amide bonds. The van der Waals surface area contributed by atoms with Crippen molar-refractivity contribution in [2.24, 2.45) is 0 Å². The number of aromatic carboxylic acids is 1. The van der Waals surface area contributed by atoms with E-state index in [9.17, 15) is 14.4 Å². The van der Waals surface area contributed by atoms with Gasteiger partial charge in [-0.05, 0) is 48.0 Å². The Balaban J connectivity index is 2.02. The summed E-state index contributed by atoms with van der Waals surface area (Å²) in [5.74, 6) is -1.39. The molecule has 4 nitrogen and oxygen atoms in total. The summed E-state index contributed by atoms with van der Waals surface area (Å²) in [6.45, 7) is 0. The van der Waals surface area contributed by atoms with Crippen LogP contribution in [0.4, 0.5) is 4.39 Å². The van der Waals surface area contributed by atoms with Crippen LogP contribution in [-0.4, -0.2) is 15.6 Å². The number of benzene rings is 2. The molecule has 1 aromatic heterocycles. The van der Waals surface area contributed by atoms with Crippen LogP contribution in [0.3, 0.4) is 0 Å². The molecule has 0 saturated heterocycles. The molecule has 1 heterocycles. The first-order chi connectivity index (χ1) is 12.1. The van der Waals surface area contributed by atoms with E-state index in [0.717, 1.165) is 0 Å². The van der Waals surface area contributed by atoms with Crippen molar-refractivity contribution >= 4 is 17.6 Å². The van der Waals surface area contributed by atoms with Gasteiger partial charge in [-0.1, -0.05) is 24.3 Å². The van der Waals surface area contributed by atoms with Gasteiger partial charge in [0.15, 0.2) is 0 Å². The lowest BCUT2D eigenvalue weighted by atomic mass is 10.0. The van der Waals surface area contributed by atoms with E-state index in [1.54, 1.807) is 59.3 Å². The van der Waals surface area contributed by atoms with Crippen molar-refractivity contribution in [1.82, 2.24) is 4.57 Å². The highest BCUT2D eigenvalue weighted by Gasteiger charge is 2.09. The quantitative estimate of drug-likeness (QED) is 0.721. The Morgan fingerprint density at radius 1 is 1.04 bits per heavy atom. The third-order valence-corrected chi connectivity index (χ3v) is 3.75. The van der Waals surface area contributed by atoms with Gasteiger partial charge in [-0.15, -0.1) is 0 Å². The van der Waals surface area contributed by atoms with Crippen molar-refractivity contribution in [2.45, 2.75) is 0 Å². The molecular weight excluding hydrogens is 319 g/mol. The number of aromatic nitrogens is 1. The molecule has 0 aliphatic heterocycles. The minimum Gasteiger partial charge on any atom is -0.478 e. The van der Waals surface area contributed by atoms with E-state index in [1.807, 2.05) is 0 Å². The lowest BCUT2D eigenvalue weighted by Crippen LogP contribution is -1.98. The summed E-state index contributed by atoms with van der Waals surface area (Å²) in [7, 11) is 0. The first-order valence-electron chi connectivity index (χ1n) is 7.48. The fourth-order valence-electron chi connectivity index (χ4n) is 2.50. The summed E-state index contributed by atoms with van der Waals surface area (Å²) in [5.41, 5.74) is 2.12. The maximum atomic E-state index is 14.0. The van der Waals surface area contributed by atoms with Crippen molar-refractivity contribution in [3.8, 4) is 11.8 Å². The minimum absolute atomic E-state index is 0.149. The monoisotopic (exact) mass is 332 g/mol. The second kappa shape index (κ2) is 6.85. The van der Waals surface area contributed by atoms with Crippen LogP contribution in [0.15, 0.2) is 66.9 Å². The zero-order valence-corrected chi connectivity index (χ0v) is 13.1. The molecule has 1 N–H and O–H groups in total. The maximum Gasteiger partial charge on any atom is 0.335 e. The highest BCUT2D eigenvalue weighted by Crippen LogP contribution is 2.22. The SMILES string of the molecule is N#C/C(=C/c1cccn1-c1ccccc1F)c1ccc(C(=O)O)cc1. The fraction of sp³-hybridized carbons (Fsp3) is 0. The van der Waals surface area contributed by atoms with Crippen molar-refractivity contribution in [3.63, 3.8) is 0 Å². The van der Waals surface area contributed by atoms with Gasteiger partial charge in [0, 0.05) is 11.9 Å². The highest BCUT2D eigenvalue weighted by atomic mass is 19.1. The molecule has 0 bridgehead atoms. The molecule has 0 aliphatic carbocycles. The zero-order chi connectivity index (χ0) is 17.8. The molecule has 0 aliphatic rings. The molecule has 2 aromatic carbocycles. The molecule has 122 valence electrons. The molecule has 0 atom stereocenters. The van der Waals surface area contributed by atoms with Gasteiger partial charge in [-0.2, -0.15) is 5.26 Å². The zero-order valence-electron chi connectivity index (χ0n) is 13.1. The van der Waals surface area contributed by atoms with Gasteiger partial charge < -0.3 is 9.67 Å². The number of hydrogen-bond acceptors (Lipinski definition) is 2. The molecular formula is C20H13FN2O2. The fourth-order valence-corrected chi connectivity index (χ4v) is 2.50. The second-order valence-electron chi connectivity index (χ2n) is 5.31. The number of para-hydroxylation sites is 1. The number of halogens is 1. The van der Waals surface area contributed by atoms with Gasteiger partial charge >= 0.3 is 5.97 Å². The van der Waals surface area contributed by atoms with E-state index in [2.05, 4.69) is 6.07 Å². The summed E-state index contributed by atoms with van der Waals surface area (Å²) < 4.78 is 15.7. The van der Waals surface area contributed by atoms with E-state index in [0.29, 0.717) is 22.5 Å². The van der Waals surface area contributed by atoms with Crippen LogP contribution in [0.5, 0.6) is 0 Å². The Hall–Kier alpha value is -3.65. The molecule has 5 heteroatoms. The first kappa shape index (κ1) is 16.2. The van der Waals surface area contributed by atoms with Crippen molar-refractivity contribution in [2.75, 3.05) is 0 Å². The van der Waals surface area contributed by atoms with Gasteiger partial charge in [0.2, 0.25) is 0 Å². The molecule has 3 rings (SSSR count). The molecule has 0 spiro atoms. The van der Waals surface area contributed by atoms with Gasteiger partial charge in [-0.3, -0.25) is 0 Å². The van der Waals surface area contributed by atoms with Gasteiger partial charge in [0.25, 0.3) is 0 Å². The summed E-state index contributed by atoms with van der Waals surface area (Å²) in [6, 6.07) is 18.1. The topological polar surface area (TPSA) is 66.0 Å². The van der Waals surface area contributed by atoms with Gasteiger partial charge in [0.1, 0.15) is 5.82 Å². The van der Waals surface area contributed by atoms with E-state index in [1.165, 1.54) is 18.2 Å². The summed E-state index contributed by atoms with van der Waals surface area (Å²) >= 11 is 0. The van der Waals surface area contributed by atoms with E-state index in [-0.39, 0.29) is 11.4 Å². The third kappa shape index (κ3) is 3.33. The van der Waals surface area contributed by atoms with Crippen molar-refractivity contribution in [3.05, 3.63) is 89.5 Å². The Labute approximate surface area is 143 Å². The smallest absolute Gasteiger partial charge is 0.335 e. The normalized spacial score (nSPS) is 11.1. The Kier molecular flexibility index (Phi) is 4.44. The van der Waals surface area contributed by atoms with Gasteiger partial charge in [-0.25, -0.2) is 9.18 Å². The van der Waals surface area contributed by atoms with Gasteiger partial charge in [0.05, 0.1) is 22.9 Å². The second-order valence-corrected chi connectivity index (χ2v) is 5.31. The van der Waals surface area contributed by atoms with Crippen LogP contribution >= 0.6 is 0 Å². The Bertz CT molecular complexity index is 995. The number of allylic oxidation sites excluding steroid dienone is 1. The highest BCUT2D eigenvalue weighted by molar-refractivity contribution is 5.92. The molecule has 0 unspecified atom stereocenters. The molecule has 0 fully saturated rings. The minimum atomic E-state index is -1.03. The van der Waals surface area contributed by atoms with Crippen LogP contribution in [0, 0.1) is 17.1 Å². The number of nitriles is 1. The lowest BCUT2D eigenvalue weighted by molar-refractivity contribution is 0.0697. The van der Waals surface area contributed by atoms with Crippen LogP contribution in [0.2, 0.25) is 0 Å². The maximum absolute atomic E-state index is 14.0. The summed E-state index contributed by atoms with van der Waals surface area (Å²) in [5, 5.41) is 18.4. The summed E-state index contributed by atoms with van der Waals surface area (Å²) in [6.07, 6.45) is 3.36. The molecule has 25 heavy (non-hydrogen) atoms. The molecule has 0 radical (unpaired) electrons. The largest absolute Gasteiger partial charge is 0.478 e.